The number of ether oxygens (including phenoxy) is 1. The highest BCUT2D eigenvalue weighted by atomic mass is 19.1. The number of carbonyl (C=O) groups excluding carboxylic acids is 1. The molecule has 7 heteroatoms. The van der Waals surface area contributed by atoms with E-state index in [1.165, 1.54) is 6.33 Å². The maximum atomic E-state index is 14.3. The van der Waals surface area contributed by atoms with Gasteiger partial charge in [-0.1, -0.05) is 6.92 Å². The average molecular weight is 322 g/mol. The number of aromatic nitrogens is 2. The van der Waals surface area contributed by atoms with Crippen molar-refractivity contribution >= 4 is 11.7 Å². The Morgan fingerprint density at radius 3 is 2.61 bits per heavy atom. The lowest BCUT2D eigenvalue weighted by atomic mass is 9.95. The Bertz CT molecular complexity index is 555. The topological polar surface area (TPSA) is 58.6 Å². The molecule has 0 radical (unpaired) electrons. The van der Waals surface area contributed by atoms with Gasteiger partial charge >= 0.3 is 0 Å². The lowest BCUT2D eigenvalue weighted by molar-refractivity contribution is -0.140. The minimum absolute atomic E-state index is 0.0277. The van der Waals surface area contributed by atoms with Gasteiger partial charge in [0.1, 0.15) is 6.33 Å². The van der Waals surface area contributed by atoms with E-state index in [1.54, 1.807) is 0 Å². The molecule has 0 unspecified atom stereocenters. The van der Waals surface area contributed by atoms with Crippen LogP contribution in [0.5, 0.6) is 0 Å². The lowest BCUT2D eigenvalue weighted by Gasteiger charge is -2.36. The molecule has 0 saturated carbocycles. The number of anilines is 1. The third kappa shape index (κ3) is 3.44. The Labute approximate surface area is 135 Å². The smallest absolute Gasteiger partial charge is 0.225 e. The molecular weight excluding hydrogens is 299 g/mol. The number of rotatable bonds is 3. The van der Waals surface area contributed by atoms with Crippen molar-refractivity contribution in [3.05, 3.63) is 17.8 Å². The van der Waals surface area contributed by atoms with Gasteiger partial charge in [0.15, 0.2) is 11.6 Å². The molecule has 2 fully saturated rings. The third-order valence-electron chi connectivity index (χ3n) is 4.64. The normalized spacial score (nSPS) is 19.9. The van der Waals surface area contributed by atoms with E-state index in [0.717, 1.165) is 12.8 Å². The van der Waals surface area contributed by atoms with Crippen LogP contribution in [0, 0.1) is 11.7 Å². The number of hydrogen-bond donors (Lipinski definition) is 0. The first kappa shape index (κ1) is 16.1. The predicted octanol–water partition coefficient (Wildman–Crippen LogP) is 1.25. The van der Waals surface area contributed by atoms with Crippen LogP contribution in [-0.2, 0) is 16.0 Å². The van der Waals surface area contributed by atoms with Crippen LogP contribution in [0.4, 0.5) is 10.2 Å². The number of hydrogen-bond acceptors (Lipinski definition) is 5. The molecule has 0 bridgehead atoms. The molecule has 1 aromatic heterocycles. The number of nitrogens with zero attached hydrogens (tertiary/aromatic N) is 4. The molecule has 2 saturated heterocycles. The third-order valence-corrected chi connectivity index (χ3v) is 4.64. The summed E-state index contributed by atoms with van der Waals surface area (Å²) < 4.78 is 19.6. The highest BCUT2D eigenvalue weighted by molar-refractivity contribution is 5.79. The van der Waals surface area contributed by atoms with E-state index >= 15 is 0 Å². The number of halogens is 1. The lowest BCUT2D eigenvalue weighted by Crippen LogP contribution is -2.47. The minimum Gasteiger partial charge on any atom is -0.378 e. The summed E-state index contributed by atoms with van der Waals surface area (Å²) >= 11 is 0. The van der Waals surface area contributed by atoms with E-state index in [4.69, 9.17) is 4.74 Å². The van der Waals surface area contributed by atoms with Crippen molar-refractivity contribution in [2.75, 3.05) is 44.3 Å². The second-order valence-electron chi connectivity index (χ2n) is 6.01. The van der Waals surface area contributed by atoms with Crippen LogP contribution < -0.4 is 4.90 Å². The van der Waals surface area contributed by atoms with Crippen LogP contribution in [0.3, 0.4) is 0 Å². The van der Waals surface area contributed by atoms with Crippen molar-refractivity contribution in [2.45, 2.75) is 26.2 Å². The average Bonchev–Trinajstić information content (AvgIpc) is 2.62. The molecule has 126 valence electrons. The van der Waals surface area contributed by atoms with Gasteiger partial charge in [-0.15, -0.1) is 0 Å². The fraction of sp³-hybridized carbons (Fsp3) is 0.688. The van der Waals surface area contributed by atoms with Gasteiger partial charge in [0.25, 0.3) is 0 Å². The van der Waals surface area contributed by atoms with E-state index in [1.807, 2.05) is 16.7 Å². The second kappa shape index (κ2) is 7.21. The number of carbonyl (C=O) groups is 1. The predicted molar refractivity (Wildman–Crippen MR) is 83.7 cm³/mol. The van der Waals surface area contributed by atoms with Crippen molar-refractivity contribution < 1.29 is 13.9 Å². The summed E-state index contributed by atoms with van der Waals surface area (Å²) in [5.41, 5.74) is 0.446. The fourth-order valence-corrected chi connectivity index (χ4v) is 3.24. The van der Waals surface area contributed by atoms with Crippen LogP contribution >= 0.6 is 0 Å². The van der Waals surface area contributed by atoms with Gasteiger partial charge in [-0.05, 0) is 19.3 Å². The quantitative estimate of drug-likeness (QED) is 0.838. The first-order valence-corrected chi connectivity index (χ1v) is 8.31. The number of piperidine rings is 1. The van der Waals surface area contributed by atoms with E-state index < -0.39 is 0 Å². The largest absolute Gasteiger partial charge is 0.378 e. The van der Waals surface area contributed by atoms with Crippen LogP contribution in [0.25, 0.3) is 0 Å². The summed E-state index contributed by atoms with van der Waals surface area (Å²) in [6.45, 7) is 5.78. The zero-order valence-electron chi connectivity index (χ0n) is 13.5. The van der Waals surface area contributed by atoms with Gasteiger partial charge in [-0.2, -0.15) is 0 Å². The van der Waals surface area contributed by atoms with Gasteiger partial charge in [0.05, 0.1) is 18.9 Å². The summed E-state index contributed by atoms with van der Waals surface area (Å²) in [5, 5.41) is 0. The summed E-state index contributed by atoms with van der Waals surface area (Å²) in [4.78, 5) is 24.4. The van der Waals surface area contributed by atoms with E-state index in [2.05, 4.69) is 9.97 Å². The van der Waals surface area contributed by atoms with Crippen LogP contribution in [-0.4, -0.2) is 60.2 Å². The number of morpholine rings is 1. The first-order valence-electron chi connectivity index (χ1n) is 8.31. The monoisotopic (exact) mass is 322 g/mol. The van der Waals surface area contributed by atoms with Gasteiger partial charge < -0.3 is 14.5 Å². The molecule has 0 N–H and O–H groups in total. The number of amides is 1. The Balaban J connectivity index is 1.61. The van der Waals surface area contributed by atoms with Crippen molar-refractivity contribution in [3.63, 3.8) is 0 Å². The van der Waals surface area contributed by atoms with Crippen LogP contribution in [0.2, 0.25) is 0 Å². The molecule has 3 rings (SSSR count). The summed E-state index contributed by atoms with van der Waals surface area (Å²) in [5.74, 6) is 0.285. The standard InChI is InChI=1S/C16H23FN4O2/c1-2-13-14(17)15(19-11-18-13)20-5-3-12(4-6-20)16(22)21-7-9-23-10-8-21/h11-12H,2-10H2,1H3. The second-order valence-corrected chi connectivity index (χ2v) is 6.01. The van der Waals surface area contributed by atoms with Crippen LogP contribution in [0.1, 0.15) is 25.5 Å². The molecule has 0 atom stereocenters. The summed E-state index contributed by atoms with van der Waals surface area (Å²) in [7, 11) is 0. The van der Waals surface area contributed by atoms with Crippen molar-refractivity contribution in [1.82, 2.24) is 14.9 Å². The maximum Gasteiger partial charge on any atom is 0.225 e. The fourth-order valence-electron chi connectivity index (χ4n) is 3.24. The van der Waals surface area contributed by atoms with E-state index in [-0.39, 0.29) is 17.6 Å². The van der Waals surface area contributed by atoms with Crippen molar-refractivity contribution in [2.24, 2.45) is 5.92 Å². The molecule has 1 amide bonds. The van der Waals surface area contributed by atoms with E-state index in [9.17, 15) is 9.18 Å². The zero-order valence-corrected chi connectivity index (χ0v) is 13.5. The molecular formula is C16H23FN4O2. The SMILES string of the molecule is CCc1ncnc(N2CCC(C(=O)N3CCOCC3)CC2)c1F. The first-order chi connectivity index (χ1) is 11.2. The Kier molecular flexibility index (Phi) is 5.05. The number of aryl methyl sites for hydroxylation is 1. The van der Waals surface area contributed by atoms with Crippen LogP contribution in [0.15, 0.2) is 6.33 Å². The summed E-state index contributed by atoms with van der Waals surface area (Å²) in [6, 6.07) is 0. The molecule has 2 aliphatic rings. The molecule has 23 heavy (non-hydrogen) atoms. The molecule has 6 nitrogen and oxygen atoms in total. The Hall–Kier alpha value is -1.76. The molecule has 2 aliphatic heterocycles. The molecule has 0 aromatic carbocycles. The minimum atomic E-state index is -0.326. The van der Waals surface area contributed by atoms with Gasteiger partial charge in [-0.3, -0.25) is 4.79 Å². The molecule has 3 heterocycles. The van der Waals surface area contributed by atoms with Gasteiger partial charge in [0.2, 0.25) is 5.91 Å². The summed E-state index contributed by atoms with van der Waals surface area (Å²) in [6.07, 6.45) is 3.44. The molecule has 0 spiro atoms. The van der Waals surface area contributed by atoms with Crippen molar-refractivity contribution in [1.29, 1.82) is 0 Å². The maximum absolute atomic E-state index is 14.3. The molecule has 1 aromatic rings. The van der Waals surface area contributed by atoms with E-state index in [0.29, 0.717) is 57.3 Å². The van der Waals surface area contributed by atoms with Gasteiger partial charge in [-0.25, -0.2) is 14.4 Å². The highest BCUT2D eigenvalue weighted by Crippen LogP contribution is 2.26. The zero-order chi connectivity index (χ0) is 16.2. The highest BCUT2D eigenvalue weighted by Gasteiger charge is 2.30. The molecule has 0 aliphatic carbocycles. The van der Waals surface area contributed by atoms with Crippen molar-refractivity contribution in [3.8, 4) is 0 Å². The van der Waals surface area contributed by atoms with Gasteiger partial charge in [0, 0.05) is 32.1 Å². The Morgan fingerprint density at radius 1 is 1.26 bits per heavy atom. The Morgan fingerprint density at radius 2 is 1.96 bits per heavy atom.